The Bertz CT molecular complexity index is 462. The van der Waals surface area contributed by atoms with Crippen LogP contribution in [0.1, 0.15) is 26.7 Å². The molecule has 0 aliphatic carbocycles. The van der Waals surface area contributed by atoms with Gasteiger partial charge in [0, 0.05) is 12.6 Å². The lowest BCUT2D eigenvalue weighted by atomic mass is 10.1. The van der Waals surface area contributed by atoms with Crippen LogP contribution in [0.5, 0.6) is 5.88 Å². The molecule has 0 aliphatic heterocycles. The predicted octanol–water partition coefficient (Wildman–Crippen LogP) is 2.10. The van der Waals surface area contributed by atoms with Gasteiger partial charge >= 0.3 is 12.0 Å². The number of carbonyl (C=O) groups excluding carboxylic acids is 1. The summed E-state index contributed by atoms with van der Waals surface area (Å²) in [5.41, 5.74) is 0.565. The van der Waals surface area contributed by atoms with Crippen LogP contribution in [0.4, 0.5) is 10.5 Å². The SMILES string of the molecule is CCOc1ccc(NC(=O)NCCCC(C)C(=O)O)cn1. The van der Waals surface area contributed by atoms with Crippen molar-refractivity contribution in [3.8, 4) is 5.88 Å². The molecule has 0 bridgehead atoms. The third kappa shape index (κ3) is 6.60. The van der Waals surface area contributed by atoms with Gasteiger partial charge < -0.3 is 20.5 Å². The Morgan fingerprint density at radius 1 is 1.43 bits per heavy atom. The number of hydrogen-bond acceptors (Lipinski definition) is 4. The summed E-state index contributed by atoms with van der Waals surface area (Å²) in [6.45, 7) is 4.48. The molecule has 116 valence electrons. The van der Waals surface area contributed by atoms with Crippen molar-refractivity contribution in [3.63, 3.8) is 0 Å². The number of pyridine rings is 1. The summed E-state index contributed by atoms with van der Waals surface area (Å²) in [6, 6.07) is 3.03. The molecule has 7 heteroatoms. The summed E-state index contributed by atoms with van der Waals surface area (Å²) < 4.78 is 5.20. The molecule has 1 aromatic rings. The molecule has 0 aromatic carbocycles. The fourth-order valence-corrected chi connectivity index (χ4v) is 1.60. The van der Waals surface area contributed by atoms with Gasteiger partial charge in [0.15, 0.2) is 0 Å². The number of carboxylic acid groups (broad SMARTS) is 1. The summed E-state index contributed by atoms with van der Waals surface area (Å²) in [4.78, 5) is 26.3. The Labute approximate surface area is 123 Å². The normalized spacial score (nSPS) is 11.5. The molecular formula is C14H21N3O4. The monoisotopic (exact) mass is 295 g/mol. The maximum absolute atomic E-state index is 11.6. The van der Waals surface area contributed by atoms with E-state index in [9.17, 15) is 9.59 Å². The van der Waals surface area contributed by atoms with Gasteiger partial charge in [-0.2, -0.15) is 0 Å². The summed E-state index contributed by atoms with van der Waals surface area (Å²) in [6.07, 6.45) is 2.65. The fraction of sp³-hybridized carbons (Fsp3) is 0.500. The predicted molar refractivity (Wildman–Crippen MR) is 78.5 cm³/mol. The van der Waals surface area contributed by atoms with Crippen LogP contribution < -0.4 is 15.4 Å². The second-order valence-electron chi connectivity index (χ2n) is 4.58. The minimum Gasteiger partial charge on any atom is -0.481 e. The highest BCUT2D eigenvalue weighted by Gasteiger charge is 2.10. The van der Waals surface area contributed by atoms with E-state index in [-0.39, 0.29) is 6.03 Å². The smallest absolute Gasteiger partial charge is 0.319 e. The maximum atomic E-state index is 11.6. The molecule has 1 atom stereocenters. The molecule has 1 rings (SSSR count). The Hall–Kier alpha value is -2.31. The second-order valence-corrected chi connectivity index (χ2v) is 4.58. The van der Waals surface area contributed by atoms with Crippen LogP contribution in [0, 0.1) is 5.92 Å². The van der Waals surface area contributed by atoms with Gasteiger partial charge in [0.25, 0.3) is 0 Å². The molecule has 1 heterocycles. The third-order valence-corrected chi connectivity index (χ3v) is 2.81. The minimum atomic E-state index is -0.820. The van der Waals surface area contributed by atoms with E-state index in [4.69, 9.17) is 9.84 Å². The average molecular weight is 295 g/mol. The van der Waals surface area contributed by atoms with Crippen LogP contribution in [0.3, 0.4) is 0 Å². The Morgan fingerprint density at radius 2 is 2.19 bits per heavy atom. The van der Waals surface area contributed by atoms with E-state index in [1.54, 1.807) is 19.1 Å². The van der Waals surface area contributed by atoms with Crippen molar-refractivity contribution in [3.05, 3.63) is 18.3 Å². The zero-order valence-corrected chi connectivity index (χ0v) is 12.3. The first-order valence-corrected chi connectivity index (χ1v) is 6.89. The summed E-state index contributed by atoms with van der Waals surface area (Å²) in [5.74, 6) is -0.712. The molecule has 0 radical (unpaired) electrons. The van der Waals surface area contributed by atoms with Gasteiger partial charge in [-0.05, 0) is 25.8 Å². The Kier molecular flexibility index (Phi) is 7.00. The van der Waals surface area contributed by atoms with Crippen LogP contribution in [-0.4, -0.2) is 35.2 Å². The number of rotatable bonds is 8. The van der Waals surface area contributed by atoms with Crippen molar-refractivity contribution >= 4 is 17.7 Å². The lowest BCUT2D eigenvalue weighted by Crippen LogP contribution is -2.30. The van der Waals surface area contributed by atoms with Crippen LogP contribution in [0.2, 0.25) is 0 Å². The van der Waals surface area contributed by atoms with Crippen molar-refractivity contribution in [1.82, 2.24) is 10.3 Å². The van der Waals surface area contributed by atoms with E-state index in [0.29, 0.717) is 37.6 Å². The quantitative estimate of drug-likeness (QED) is 0.638. The Morgan fingerprint density at radius 3 is 2.76 bits per heavy atom. The molecule has 0 spiro atoms. The standard InChI is InChI=1S/C14H21N3O4/c1-3-21-12-7-6-11(9-16-12)17-14(20)15-8-4-5-10(2)13(18)19/h6-7,9-10H,3-5,8H2,1-2H3,(H,18,19)(H2,15,17,20). The van der Waals surface area contributed by atoms with Gasteiger partial charge in [0.1, 0.15) is 0 Å². The summed E-state index contributed by atoms with van der Waals surface area (Å²) in [7, 11) is 0. The number of urea groups is 1. The Balaban J connectivity index is 2.25. The van der Waals surface area contributed by atoms with E-state index < -0.39 is 11.9 Å². The van der Waals surface area contributed by atoms with E-state index in [0.717, 1.165) is 0 Å². The summed E-state index contributed by atoms with van der Waals surface area (Å²) in [5, 5.41) is 14.0. The molecule has 1 unspecified atom stereocenters. The highest BCUT2D eigenvalue weighted by molar-refractivity contribution is 5.88. The number of aliphatic carboxylic acids is 1. The number of aromatic nitrogens is 1. The topological polar surface area (TPSA) is 101 Å². The van der Waals surface area contributed by atoms with Gasteiger partial charge in [-0.3, -0.25) is 4.79 Å². The average Bonchev–Trinajstić information content (AvgIpc) is 2.45. The second kappa shape index (κ2) is 8.78. The summed E-state index contributed by atoms with van der Waals surface area (Å²) >= 11 is 0. The molecule has 0 saturated heterocycles. The molecule has 21 heavy (non-hydrogen) atoms. The highest BCUT2D eigenvalue weighted by atomic mass is 16.5. The van der Waals surface area contributed by atoms with E-state index in [1.165, 1.54) is 6.20 Å². The third-order valence-electron chi connectivity index (χ3n) is 2.81. The number of carbonyl (C=O) groups is 2. The van der Waals surface area contributed by atoms with Crippen LogP contribution in [0.25, 0.3) is 0 Å². The first-order chi connectivity index (χ1) is 10.0. The van der Waals surface area contributed by atoms with Crippen molar-refractivity contribution in [2.75, 3.05) is 18.5 Å². The first-order valence-electron chi connectivity index (χ1n) is 6.89. The molecule has 1 aromatic heterocycles. The highest BCUT2D eigenvalue weighted by Crippen LogP contribution is 2.11. The van der Waals surface area contributed by atoms with Crippen molar-refractivity contribution in [1.29, 1.82) is 0 Å². The van der Waals surface area contributed by atoms with Gasteiger partial charge in [0.2, 0.25) is 5.88 Å². The van der Waals surface area contributed by atoms with E-state index in [1.807, 2.05) is 6.92 Å². The molecule has 3 N–H and O–H groups in total. The zero-order chi connectivity index (χ0) is 15.7. The van der Waals surface area contributed by atoms with Gasteiger partial charge in [-0.25, -0.2) is 9.78 Å². The van der Waals surface area contributed by atoms with Crippen LogP contribution in [-0.2, 0) is 4.79 Å². The molecule has 0 fully saturated rings. The van der Waals surface area contributed by atoms with Gasteiger partial charge in [-0.15, -0.1) is 0 Å². The number of hydrogen-bond donors (Lipinski definition) is 3. The largest absolute Gasteiger partial charge is 0.481 e. The molecular weight excluding hydrogens is 274 g/mol. The lowest BCUT2D eigenvalue weighted by molar-refractivity contribution is -0.141. The number of amides is 2. The number of carboxylic acids is 1. The minimum absolute atomic E-state index is 0.344. The molecule has 0 saturated carbocycles. The lowest BCUT2D eigenvalue weighted by Gasteiger charge is -2.09. The molecule has 7 nitrogen and oxygen atoms in total. The molecule has 2 amide bonds. The van der Waals surface area contributed by atoms with Crippen molar-refractivity contribution in [2.24, 2.45) is 5.92 Å². The number of nitrogens with one attached hydrogen (secondary N) is 2. The zero-order valence-electron chi connectivity index (χ0n) is 12.3. The van der Waals surface area contributed by atoms with Gasteiger partial charge in [-0.1, -0.05) is 6.92 Å². The van der Waals surface area contributed by atoms with Crippen LogP contribution >= 0.6 is 0 Å². The van der Waals surface area contributed by atoms with Crippen molar-refractivity contribution < 1.29 is 19.4 Å². The fourth-order valence-electron chi connectivity index (χ4n) is 1.60. The number of anilines is 1. The molecule has 0 aliphatic rings. The van der Waals surface area contributed by atoms with E-state index >= 15 is 0 Å². The van der Waals surface area contributed by atoms with E-state index in [2.05, 4.69) is 15.6 Å². The number of nitrogens with zero attached hydrogens (tertiary/aromatic N) is 1. The van der Waals surface area contributed by atoms with Crippen molar-refractivity contribution in [2.45, 2.75) is 26.7 Å². The number of ether oxygens (including phenoxy) is 1. The van der Waals surface area contributed by atoms with Gasteiger partial charge in [0.05, 0.1) is 24.4 Å². The maximum Gasteiger partial charge on any atom is 0.319 e. The first kappa shape index (κ1) is 16.7. The van der Waals surface area contributed by atoms with Crippen LogP contribution in [0.15, 0.2) is 18.3 Å².